The van der Waals surface area contributed by atoms with Crippen LogP contribution in [0.3, 0.4) is 0 Å². The zero-order valence-electron chi connectivity index (χ0n) is 11.4. The van der Waals surface area contributed by atoms with Gasteiger partial charge in [0, 0.05) is 16.7 Å². The number of benzene rings is 1. The Kier molecular flexibility index (Phi) is 4.52. The minimum Gasteiger partial charge on any atom is -0.374 e. The molecule has 3 aromatic rings. The molecule has 0 unspecified atom stereocenters. The average molecular weight is 334 g/mol. The number of nitrogens with two attached hydrogens (primary N) is 1. The molecule has 108 valence electrons. The second-order valence-corrected chi connectivity index (χ2v) is 7.48. The zero-order valence-corrected chi connectivity index (χ0v) is 13.9. The highest BCUT2D eigenvalue weighted by Crippen LogP contribution is 2.29. The first-order valence-electron chi connectivity index (χ1n) is 6.50. The molecule has 3 rings (SSSR count). The van der Waals surface area contributed by atoms with Gasteiger partial charge in [0.1, 0.15) is 5.01 Å². The van der Waals surface area contributed by atoms with Gasteiger partial charge in [-0.2, -0.15) is 0 Å². The highest BCUT2D eigenvalue weighted by atomic mass is 32.2. The van der Waals surface area contributed by atoms with Crippen LogP contribution in [0.25, 0.3) is 10.6 Å². The van der Waals surface area contributed by atoms with Gasteiger partial charge in [-0.25, -0.2) is 4.98 Å². The van der Waals surface area contributed by atoms with Gasteiger partial charge in [-0.05, 0) is 12.0 Å². The van der Waals surface area contributed by atoms with Crippen molar-refractivity contribution in [1.29, 1.82) is 0 Å². The molecule has 0 aliphatic heterocycles. The van der Waals surface area contributed by atoms with Crippen LogP contribution in [-0.4, -0.2) is 15.2 Å². The highest BCUT2D eigenvalue weighted by Gasteiger charge is 2.07. The third-order valence-electron chi connectivity index (χ3n) is 2.93. The molecule has 0 bridgehead atoms. The molecule has 21 heavy (non-hydrogen) atoms. The summed E-state index contributed by atoms with van der Waals surface area (Å²) in [7, 11) is 0. The van der Waals surface area contributed by atoms with Gasteiger partial charge in [-0.15, -0.1) is 21.5 Å². The lowest BCUT2D eigenvalue weighted by Gasteiger charge is -1.99. The number of nitrogens with zero attached hydrogens (tertiary/aromatic N) is 3. The van der Waals surface area contributed by atoms with Gasteiger partial charge in [0.15, 0.2) is 4.34 Å². The molecule has 0 aliphatic carbocycles. The maximum Gasteiger partial charge on any atom is 0.203 e. The molecular weight excluding hydrogens is 320 g/mol. The number of hydrogen-bond acceptors (Lipinski definition) is 7. The molecule has 0 spiro atoms. The van der Waals surface area contributed by atoms with Crippen LogP contribution in [0.2, 0.25) is 0 Å². The van der Waals surface area contributed by atoms with Crippen molar-refractivity contribution in [1.82, 2.24) is 15.2 Å². The molecule has 1 aromatic carbocycles. The van der Waals surface area contributed by atoms with Crippen molar-refractivity contribution in [3.8, 4) is 10.6 Å². The number of hydrogen-bond donors (Lipinski definition) is 1. The summed E-state index contributed by atoms with van der Waals surface area (Å²) in [5.41, 5.74) is 9.15. The number of thiazole rings is 1. The molecule has 0 amide bonds. The molecule has 0 saturated heterocycles. The smallest absolute Gasteiger partial charge is 0.203 e. The molecule has 0 fully saturated rings. The zero-order chi connectivity index (χ0) is 14.7. The predicted octanol–water partition coefficient (Wildman–Crippen LogP) is 4.10. The van der Waals surface area contributed by atoms with Crippen molar-refractivity contribution in [2.24, 2.45) is 0 Å². The monoisotopic (exact) mass is 334 g/mol. The summed E-state index contributed by atoms with van der Waals surface area (Å²) in [6, 6.07) is 8.60. The van der Waals surface area contributed by atoms with Gasteiger partial charge in [0.05, 0.1) is 5.69 Å². The Hall–Kier alpha value is -1.44. The van der Waals surface area contributed by atoms with E-state index in [1.165, 1.54) is 22.5 Å². The fourth-order valence-electron chi connectivity index (χ4n) is 1.80. The summed E-state index contributed by atoms with van der Waals surface area (Å²) < 4.78 is 0.884. The van der Waals surface area contributed by atoms with Crippen molar-refractivity contribution in [3.05, 3.63) is 40.9 Å². The first kappa shape index (κ1) is 14.5. The summed E-state index contributed by atoms with van der Waals surface area (Å²) in [6.07, 6.45) is 1.06. The van der Waals surface area contributed by atoms with Crippen molar-refractivity contribution in [2.75, 3.05) is 5.73 Å². The predicted molar refractivity (Wildman–Crippen MR) is 90.8 cm³/mol. The van der Waals surface area contributed by atoms with Gasteiger partial charge in [-0.3, -0.25) is 0 Å². The lowest BCUT2D eigenvalue weighted by molar-refractivity contribution is 1.02. The topological polar surface area (TPSA) is 64.7 Å². The van der Waals surface area contributed by atoms with E-state index in [1.807, 2.05) is 0 Å². The van der Waals surface area contributed by atoms with E-state index in [-0.39, 0.29) is 0 Å². The van der Waals surface area contributed by atoms with Crippen LogP contribution >= 0.6 is 34.4 Å². The van der Waals surface area contributed by atoms with E-state index in [2.05, 4.69) is 51.8 Å². The van der Waals surface area contributed by atoms with Crippen molar-refractivity contribution >= 4 is 39.6 Å². The number of anilines is 1. The van der Waals surface area contributed by atoms with Gasteiger partial charge in [0.25, 0.3) is 0 Å². The number of aromatic nitrogens is 3. The van der Waals surface area contributed by atoms with Crippen LogP contribution in [0, 0.1) is 0 Å². The standard InChI is InChI=1S/C14H14N4S3/c1-2-9-3-5-10(6-4-9)12-16-11(7-19-12)8-20-14-18-17-13(15)21-14/h3-7H,2,8H2,1H3,(H2,15,17). The van der Waals surface area contributed by atoms with E-state index in [0.717, 1.165) is 27.2 Å². The number of rotatable bonds is 5. The van der Waals surface area contributed by atoms with Crippen LogP contribution < -0.4 is 5.73 Å². The lowest BCUT2D eigenvalue weighted by Crippen LogP contribution is -1.83. The Bertz CT molecular complexity index is 718. The minimum absolute atomic E-state index is 0.507. The third kappa shape index (κ3) is 3.61. The minimum atomic E-state index is 0.507. The molecule has 2 aromatic heterocycles. The van der Waals surface area contributed by atoms with Crippen molar-refractivity contribution in [3.63, 3.8) is 0 Å². The molecule has 7 heteroatoms. The van der Waals surface area contributed by atoms with Crippen LogP contribution in [0.1, 0.15) is 18.2 Å². The maximum absolute atomic E-state index is 5.57. The van der Waals surface area contributed by atoms with E-state index < -0.39 is 0 Å². The average Bonchev–Trinajstić information content (AvgIpc) is 3.14. The van der Waals surface area contributed by atoms with Gasteiger partial charge in [0.2, 0.25) is 5.13 Å². The Morgan fingerprint density at radius 1 is 1.19 bits per heavy atom. The third-order valence-corrected chi connectivity index (χ3v) is 5.79. The fourth-order valence-corrected chi connectivity index (χ4v) is 4.26. The van der Waals surface area contributed by atoms with E-state index in [9.17, 15) is 0 Å². The molecule has 0 atom stereocenters. The molecular formula is C14H14N4S3. The maximum atomic E-state index is 5.57. The largest absolute Gasteiger partial charge is 0.374 e. The second-order valence-electron chi connectivity index (χ2n) is 4.39. The molecule has 2 N–H and O–H groups in total. The summed E-state index contributed by atoms with van der Waals surface area (Å²) in [6.45, 7) is 2.16. The van der Waals surface area contributed by atoms with Gasteiger partial charge >= 0.3 is 0 Å². The quantitative estimate of drug-likeness (QED) is 0.712. The van der Waals surface area contributed by atoms with Crippen LogP contribution in [-0.2, 0) is 12.2 Å². The SMILES string of the molecule is CCc1ccc(-c2nc(CSc3nnc(N)s3)cs2)cc1. The fraction of sp³-hybridized carbons (Fsp3) is 0.214. The first-order valence-corrected chi connectivity index (χ1v) is 9.18. The van der Waals surface area contributed by atoms with Crippen molar-refractivity contribution in [2.45, 2.75) is 23.4 Å². The van der Waals surface area contributed by atoms with Crippen LogP contribution in [0.5, 0.6) is 0 Å². The van der Waals surface area contributed by atoms with E-state index in [0.29, 0.717) is 5.13 Å². The highest BCUT2D eigenvalue weighted by molar-refractivity contribution is 8.00. The Morgan fingerprint density at radius 2 is 2.00 bits per heavy atom. The normalized spacial score (nSPS) is 10.9. The Morgan fingerprint density at radius 3 is 2.67 bits per heavy atom. The summed E-state index contributed by atoms with van der Waals surface area (Å²) in [5, 5.41) is 11.5. The molecule has 2 heterocycles. The van der Waals surface area contributed by atoms with Gasteiger partial charge < -0.3 is 5.73 Å². The number of nitrogen functional groups attached to an aromatic ring is 1. The van der Waals surface area contributed by atoms with E-state index in [1.54, 1.807) is 23.1 Å². The van der Waals surface area contributed by atoms with Crippen LogP contribution in [0.4, 0.5) is 5.13 Å². The van der Waals surface area contributed by atoms with E-state index >= 15 is 0 Å². The Labute approximate surface area is 135 Å². The molecule has 0 radical (unpaired) electrons. The van der Waals surface area contributed by atoms with E-state index in [4.69, 9.17) is 5.73 Å². The van der Waals surface area contributed by atoms with Crippen molar-refractivity contribution < 1.29 is 0 Å². The Balaban J connectivity index is 1.67. The first-order chi connectivity index (χ1) is 10.2. The second kappa shape index (κ2) is 6.55. The van der Waals surface area contributed by atoms with Gasteiger partial charge in [-0.1, -0.05) is 54.3 Å². The summed E-state index contributed by atoms with van der Waals surface area (Å²) in [5.74, 6) is 0.790. The number of thioether (sulfide) groups is 1. The summed E-state index contributed by atoms with van der Waals surface area (Å²) >= 11 is 4.70. The molecule has 0 saturated carbocycles. The number of aryl methyl sites for hydroxylation is 1. The lowest BCUT2D eigenvalue weighted by atomic mass is 10.1. The van der Waals surface area contributed by atoms with Crippen LogP contribution in [0.15, 0.2) is 34.0 Å². The summed E-state index contributed by atoms with van der Waals surface area (Å²) in [4.78, 5) is 4.68. The molecule has 0 aliphatic rings. The molecule has 4 nitrogen and oxygen atoms in total.